The Morgan fingerprint density at radius 3 is 2.80 bits per heavy atom. The van der Waals surface area contributed by atoms with Crippen LogP contribution in [-0.2, 0) is 0 Å². The predicted molar refractivity (Wildman–Crippen MR) is 86.9 cm³/mol. The Bertz CT molecular complexity index is 618. The van der Waals surface area contributed by atoms with Gasteiger partial charge in [-0.3, -0.25) is 4.57 Å². The van der Waals surface area contributed by atoms with Crippen LogP contribution in [0.15, 0.2) is 28.9 Å². The van der Waals surface area contributed by atoms with Crippen molar-refractivity contribution in [2.45, 2.75) is 38.6 Å². The first-order valence-corrected chi connectivity index (χ1v) is 8.08. The van der Waals surface area contributed by atoms with Crippen LogP contribution in [0.25, 0.3) is 5.69 Å². The van der Waals surface area contributed by atoms with Gasteiger partial charge in [-0.2, -0.15) is 0 Å². The number of hydrogen-bond acceptors (Lipinski definition) is 2. The summed E-state index contributed by atoms with van der Waals surface area (Å²) in [4.78, 5) is 4.61. The zero-order valence-corrected chi connectivity index (χ0v) is 13.7. The molecule has 0 bridgehead atoms. The SMILES string of the molecule is Cc1cn(-c2ccc(Cl)cc2Br)c(NC2CCCC2)n1. The number of nitrogens with one attached hydrogen (secondary N) is 1. The Hall–Kier alpha value is -1.00. The van der Waals surface area contributed by atoms with Crippen LogP contribution in [0, 0.1) is 6.92 Å². The van der Waals surface area contributed by atoms with E-state index in [0.717, 1.165) is 26.8 Å². The minimum Gasteiger partial charge on any atom is -0.353 e. The Morgan fingerprint density at radius 2 is 2.10 bits per heavy atom. The molecule has 3 rings (SSSR count). The molecule has 1 aromatic carbocycles. The number of benzene rings is 1. The molecule has 0 amide bonds. The van der Waals surface area contributed by atoms with Gasteiger partial charge < -0.3 is 5.32 Å². The molecular formula is C15H17BrClN3. The molecule has 0 atom stereocenters. The summed E-state index contributed by atoms with van der Waals surface area (Å²) in [6, 6.07) is 6.36. The van der Waals surface area contributed by atoms with Crippen molar-refractivity contribution in [1.82, 2.24) is 9.55 Å². The monoisotopic (exact) mass is 353 g/mol. The molecule has 0 radical (unpaired) electrons. The van der Waals surface area contributed by atoms with Gasteiger partial charge in [-0.1, -0.05) is 24.4 Å². The van der Waals surface area contributed by atoms with Crippen LogP contribution in [0.4, 0.5) is 5.95 Å². The molecular weight excluding hydrogens is 338 g/mol. The molecule has 1 heterocycles. The van der Waals surface area contributed by atoms with E-state index in [0.29, 0.717) is 6.04 Å². The van der Waals surface area contributed by atoms with Gasteiger partial charge in [0.05, 0.1) is 11.4 Å². The van der Waals surface area contributed by atoms with E-state index in [1.54, 1.807) is 0 Å². The number of halogens is 2. The maximum Gasteiger partial charge on any atom is 0.207 e. The maximum absolute atomic E-state index is 6.02. The first-order valence-electron chi connectivity index (χ1n) is 6.91. The molecule has 3 nitrogen and oxygen atoms in total. The summed E-state index contributed by atoms with van der Waals surface area (Å²) in [5.74, 6) is 0.914. The second-order valence-corrected chi connectivity index (χ2v) is 6.59. The molecule has 106 valence electrons. The van der Waals surface area contributed by atoms with E-state index in [-0.39, 0.29) is 0 Å². The lowest BCUT2D eigenvalue weighted by molar-refractivity contribution is 0.740. The van der Waals surface area contributed by atoms with Gasteiger partial charge in [0, 0.05) is 21.7 Å². The fraction of sp³-hybridized carbons (Fsp3) is 0.400. The highest BCUT2D eigenvalue weighted by molar-refractivity contribution is 9.10. The van der Waals surface area contributed by atoms with Crippen molar-refractivity contribution >= 4 is 33.5 Å². The highest BCUT2D eigenvalue weighted by Crippen LogP contribution is 2.29. The summed E-state index contributed by atoms with van der Waals surface area (Å²) >= 11 is 9.60. The molecule has 1 aliphatic rings. The average molecular weight is 355 g/mol. The predicted octanol–water partition coefficient (Wildman–Crippen LogP) is 4.95. The third-order valence-corrected chi connectivity index (χ3v) is 4.55. The quantitative estimate of drug-likeness (QED) is 0.845. The van der Waals surface area contributed by atoms with Crippen molar-refractivity contribution in [3.63, 3.8) is 0 Å². The van der Waals surface area contributed by atoms with Crippen LogP contribution < -0.4 is 5.32 Å². The summed E-state index contributed by atoms with van der Waals surface area (Å²) in [7, 11) is 0. The molecule has 0 saturated heterocycles. The van der Waals surface area contributed by atoms with Gasteiger partial charge in [-0.25, -0.2) is 4.98 Å². The highest BCUT2D eigenvalue weighted by atomic mass is 79.9. The van der Waals surface area contributed by atoms with Crippen LogP contribution in [0.5, 0.6) is 0 Å². The minimum atomic E-state index is 0.543. The minimum absolute atomic E-state index is 0.543. The van der Waals surface area contributed by atoms with Gasteiger partial charge in [-0.05, 0) is 53.9 Å². The molecule has 1 fully saturated rings. The number of imidazole rings is 1. The summed E-state index contributed by atoms with van der Waals surface area (Å²) in [6.45, 7) is 2.01. The number of nitrogens with zero attached hydrogens (tertiary/aromatic N) is 2. The first kappa shape index (κ1) is 14.0. The largest absolute Gasteiger partial charge is 0.353 e. The van der Waals surface area contributed by atoms with Gasteiger partial charge in [0.25, 0.3) is 0 Å². The highest BCUT2D eigenvalue weighted by Gasteiger charge is 2.18. The fourth-order valence-corrected chi connectivity index (χ4v) is 3.59. The number of aromatic nitrogens is 2. The summed E-state index contributed by atoms with van der Waals surface area (Å²) in [5.41, 5.74) is 2.06. The van der Waals surface area contributed by atoms with E-state index < -0.39 is 0 Å². The van der Waals surface area contributed by atoms with Gasteiger partial charge in [0.1, 0.15) is 0 Å². The lowest BCUT2D eigenvalue weighted by Crippen LogP contribution is -2.17. The maximum atomic E-state index is 6.02. The Kier molecular flexibility index (Phi) is 4.03. The fourth-order valence-electron chi connectivity index (χ4n) is 2.71. The Labute approximate surface area is 132 Å². The van der Waals surface area contributed by atoms with Crippen LogP contribution in [-0.4, -0.2) is 15.6 Å². The average Bonchev–Trinajstić information content (AvgIpc) is 3.00. The normalized spacial score (nSPS) is 15.8. The molecule has 1 aliphatic carbocycles. The topological polar surface area (TPSA) is 29.9 Å². The lowest BCUT2D eigenvalue weighted by Gasteiger charge is -2.15. The van der Waals surface area contributed by atoms with Crippen LogP contribution in [0.1, 0.15) is 31.4 Å². The van der Waals surface area contributed by atoms with Crippen molar-refractivity contribution in [3.05, 3.63) is 39.6 Å². The van der Waals surface area contributed by atoms with E-state index >= 15 is 0 Å². The molecule has 1 aromatic heterocycles. The van der Waals surface area contributed by atoms with Gasteiger partial charge in [-0.15, -0.1) is 0 Å². The van der Waals surface area contributed by atoms with E-state index in [2.05, 4.69) is 30.8 Å². The summed E-state index contributed by atoms with van der Waals surface area (Å²) < 4.78 is 3.06. The number of rotatable bonds is 3. The van der Waals surface area contributed by atoms with Crippen LogP contribution in [0.2, 0.25) is 5.02 Å². The molecule has 0 aliphatic heterocycles. The van der Waals surface area contributed by atoms with Crippen molar-refractivity contribution in [2.24, 2.45) is 0 Å². The second kappa shape index (κ2) is 5.78. The molecule has 2 aromatic rings. The third kappa shape index (κ3) is 2.86. The van der Waals surface area contributed by atoms with Crippen molar-refractivity contribution < 1.29 is 0 Å². The van der Waals surface area contributed by atoms with Gasteiger partial charge in [0.2, 0.25) is 5.95 Å². The van der Waals surface area contributed by atoms with E-state index in [9.17, 15) is 0 Å². The van der Waals surface area contributed by atoms with Crippen LogP contribution >= 0.6 is 27.5 Å². The first-order chi connectivity index (χ1) is 9.63. The third-order valence-electron chi connectivity index (χ3n) is 3.68. The van der Waals surface area contributed by atoms with E-state index in [1.165, 1.54) is 25.7 Å². The molecule has 5 heteroatoms. The zero-order chi connectivity index (χ0) is 14.1. The second-order valence-electron chi connectivity index (χ2n) is 5.30. The summed E-state index contributed by atoms with van der Waals surface area (Å²) in [6.07, 6.45) is 7.12. The zero-order valence-electron chi connectivity index (χ0n) is 11.4. The molecule has 1 saturated carbocycles. The number of aryl methyl sites for hydroxylation is 1. The molecule has 1 N–H and O–H groups in total. The van der Waals surface area contributed by atoms with E-state index in [4.69, 9.17) is 11.6 Å². The smallest absolute Gasteiger partial charge is 0.207 e. The van der Waals surface area contributed by atoms with Crippen molar-refractivity contribution in [3.8, 4) is 5.69 Å². The van der Waals surface area contributed by atoms with Gasteiger partial charge in [0.15, 0.2) is 0 Å². The standard InChI is InChI=1S/C15H17BrClN3/c1-10-9-20(14-7-6-11(17)8-13(14)16)15(18-10)19-12-4-2-3-5-12/h6-9,12H,2-5H2,1H3,(H,18,19). The number of anilines is 1. The van der Waals surface area contributed by atoms with Crippen molar-refractivity contribution in [2.75, 3.05) is 5.32 Å². The number of hydrogen-bond donors (Lipinski definition) is 1. The van der Waals surface area contributed by atoms with Crippen LogP contribution in [0.3, 0.4) is 0 Å². The Morgan fingerprint density at radius 1 is 1.35 bits per heavy atom. The van der Waals surface area contributed by atoms with Crippen molar-refractivity contribution in [1.29, 1.82) is 0 Å². The molecule has 0 unspecified atom stereocenters. The van der Waals surface area contributed by atoms with Gasteiger partial charge >= 0.3 is 0 Å². The summed E-state index contributed by atoms with van der Waals surface area (Å²) in [5, 5.41) is 4.29. The lowest BCUT2D eigenvalue weighted by atomic mass is 10.2. The molecule has 20 heavy (non-hydrogen) atoms. The molecule has 0 spiro atoms. The van der Waals surface area contributed by atoms with E-state index in [1.807, 2.05) is 31.3 Å². The Balaban J connectivity index is 1.95.